The number of aromatic amines is 1. The van der Waals surface area contributed by atoms with Gasteiger partial charge in [-0.1, -0.05) is 0 Å². The molecule has 2 rings (SSSR count). The number of aromatic nitrogens is 2. The van der Waals surface area contributed by atoms with Gasteiger partial charge in [0.2, 0.25) is 5.91 Å². The molecule has 0 radical (unpaired) electrons. The molecule has 0 aliphatic heterocycles. The van der Waals surface area contributed by atoms with E-state index >= 15 is 0 Å². The minimum absolute atomic E-state index is 0.160. The van der Waals surface area contributed by atoms with Crippen molar-refractivity contribution in [2.24, 2.45) is 0 Å². The molecule has 2 aromatic rings. The summed E-state index contributed by atoms with van der Waals surface area (Å²) in [5.41, 5.74) is 1.90. The second-order valence-corrected chi connectivity index (χ2v) is 5.33. The molecule has 1 amide bonds. The number of carbonyl (C=O) groups excluding carboxylic acids is 2. The fourth-order valence-corrected chi connectivity index (χ4v) is 2.31. The Labute approximate surface area is 139 Å². The fraction of sp³-hybridized carbons (Fsp3) is 0.294. The second-order valence-electron chi connectivity index (χ2n) is 5.33. The zero-order chi connectivity index (χ0) is 17.7. The Morgan fingerprint density at radius 2 is 1.88 bits per heavy atom. The van der Waals surface area contributed by atoms with Gasteiger partial charge < -0.3 is 15.0 Å². The third kappa shape index (κ3) is 4.28. The van der Waals surface area contributed by atoms with Crippen LogP contribution >= 0.6 is 0 Å². The zero-order valence-corrected chi connectivity index (χ0v) is 13.8. The molecule has 0 fully saturated rings. The first kappa shape index (κ1) is 17.4. The van der Waals surface area contributed by atoms with Crippen LogP contribution < -0.4 is 10.9 Å². The Bertz CT molecular complexity index is 810. The van der Waals surface area contributed by atoms with Crippen LogP contribution in [0.15, 0.2) is 29.1 Å². The number of methoxy groups -OCH3 is 1. The molecule has 0 aliphatic rings. The maximum Gasteiger partial charge on any atom is 0.337 e. The first-order valence-corrected chi connectivity index (χ1v) is 7.45. The molecule has 0 spiro atoms. The Hall–Kier alpha value is -2.96. The van der Waals surface area contributed by atoms with Gasteiger partial charge in [-0.05, 0) is 44.5 Å². The number of ether oxygens (including phenoxy) is 1. The molecular formula is C17H19N3O4. The lowest BCUT2D eigenvalue weighted by Crippen LogP contribution is -2.20. The highest BCUT2D eigenvalue weighted by Gasteiger charge is 2.10. The third-order valence-electron chi connectivity index (χ3n) is 3.53. The van der Waals surface area contributed by atoms with Crippen molar-refractivity contribution in [3.8, 4) is 0 Å². The van der Waals surface area contributed by atoms with E-state index in [-0.39, 0.29) is 17.9 Å². The van der Waals surface area contributed by atoms with Crippen LogP contribution in [0.4, 0.5) is 5.69 Å². The Balaban J connectivity index is 1.97. The molecule has 0 unspecified atom stereocenters. The van der Waals surface area contributed by atoms with Crippen LogP contribution in [0.5, 0.6) is 0 Å². The van der Waals surface area contributed by atoms with E-state index in [0.717, 1.165) is 0 Å². The van der Waals surface area contributed by atoms with Gasteiger partial charge in [0.05, 0.1) is 12.7 Å². The summed E-state index contributed by atoms with van der Waals surface area (Å²) in [5.74, 6) is -0.106. The van der Waals surface area contributed by atoms with Crippen LogP contribution in [0.25, 0.3) is 0 Å². The monoisotopic (exact) mass is 329 g/mol. The predicted octanol–water partition coefficient (Wildman–Crippen LogP) is 1.74. The largest absolute Gasteiger partial charge is 0.465 e. The van der Waals surface area contributed by atoms with E-state index < -0.39 is 5.97 Å². The standard InChI is InChI=1S/C17H19N3O4/c1-10-14(16(22)19-11(2)18-10)8-9-15(21)20-13-6-4-12(5-7-13)17(23)24-3/h4-7H,8-9H2,1-3H3,(H,20,21)(H,18,19,22). The van der Waals surface area contributed by atoms with Crippen molar-refractivity contribution in [1.82, 2.24) is 9.97 Å². The van der Waals surface area contributed by atoms with E-state index in [2.05, 4.69) is 20.0 Å². The number of esters is 1. The van der Waals surface area contributed by atoms with E-state index in [1.165, 1.54) is 7.11 Å². The van der Waals surface area contributed by atoms with Gasteiger partial charge in [-0.15, -0.1) is 0 Å². The Kier molecular flexibility index (Phi) is 5.47. The number of rotatable bonds is 5. The van der Waals surface area contributed by atoms with Crippen LogP contribution in [0.3, 0.4) is 0 Å². The number of hydrogen-bond acceptors (Lipinski definition) is 5. The van der Waals surface area contributed by atoms with Crippen molar-refractivity contribution in [3.05, 3.63) is 57.3 Å². The highest BCUT2D eigenvalue weighted by atomic mass is 16.5. The van der Waals surface area contributed by atoms with E-state index in [0.29, 0.717) is 34.8 Å². The van der Waals surface area contributed by atoms with Gasteiger partial charge in [0.1, 0.15) is 5.82 Å². The van der Waals surface area contributed by atoms with Crippen molar-refractivity contribution in [3.63, 3.8) is 0 Å². The SMILES string of the molecule is COC(=O)c1ccc(NC(=O)CCc2c(C)nc(C)[nH]c2=O)cc1. The maximum atomic E-state index is 12.0. The summed E-state index contributed by atoms with van der Waals surface area (Å²) < 4.78 is 4.61. The van der Waals surface area contributed by atoms with Gasteiger partial charge in [-0.3, -0.25) is 9.59 Å². The molecule has 1 heterocycles. The highest BCUT2D eigenvalue weighted by molar-refractivity contribution is 5.93. The first-order chi connectivity index (χ1) is 11.4. The molecule has 24 heavy (non-hydrogen) atoms. The van der Waals surface area contributed by atoms with E-state index in [9.17, 15) is 14.4 Å². The van der Waals surface area contributed by atoms with Gasteiger partial charge in [0, 0.05) is 23.4 Å². The number of nitrogens with one attached hydrogen (secondary N) is 2. The van der Waals surface area contributed by atoms with Crippen LogP contribution in [0, 0.1) is 13.8 Å². The van der Waals surface area contributed by atoms with Gasteiger partial charge in [-0.25, -0.2) is 9.78 Å². The fourth-order valence-electron chi connectivity index (χ4n) is 2.31. The Morgan fingerprint density at radius 1 is 1.21 bits per heavy atom. The lowest BCUT2D eigenvalue weighted by atomic mass is 10.1. The number of hydrogen-bond donors (Lipinski definition) is 2. The number of aryl methyl sites for hydroxylation is 2. The average molecular weight is 329 g/mol. The molecule has 0 bridgehead atoms. The number of amides is 1. The van der Waals surface area contributed by atoms with E-state index in [1.54, 1.807) is 38.1 Å². The van der Waals surface area contributed by atoms with Gasteiger partial charge >= 0.3 is 5.97 Å². The lowest BCUT2D eigenvalue weighted by Gasteiger charge is -2.07. The molecule has 0 saturated carbocycles. The van der Waals surface area contributed by atoms with Crippen molar-refractivity contribution >= 4 is 17.6 Å². The summed E-state index contributed by atoms with van der Waals surface area (Å²) in [6, 6.07) is 6.38. The molecule has 7 heteroatoms. The molecule has 1 aromatic heterocycles. The summed E-state index contributed by atoms with van der Waals surface area (Å²) in [6.07, 6.45) is 0.466. The summed E-state index contributed by atoms with van der Waals surface area (Å²) in [5, 5.41) is 2.72. The summed E-state index contributed by atoms with van der Waals surface area (Å²) in [6.45, 7) is 3.46. The van der Waals surface area contributed by atoms with E-state index in [4.69, 9.17) is 0 Å². The van der Waals surface area contributed by atoms with Gasteiger partial charge in [-0.2, -0.15) is 0 Å². The van der Waals surface area contributed by atoms with Crippen molar-refractivity contribution < 1.29 is 14.3 Å². The van der Waals surface area contributed by atoms with Gasteiger partial charge in [0.15, 0.2) is 0 Å². The summed E-state index contributed by atoms with van der Waals surface area (Å²) >= 11 is 0. The molecule has 0 saturated heterocycles. The maximum absolute atomic E-state index is 12.0. The Morgan fingerprint density at radius 3 is 2.46 bits per heavy atom. The first-order valence-electron chi connectivity index (χ1n) is 7.45. The molecule has 0 atom stereocenters. The normalized spacial score (nSPS) is 10.3. The van der Waals surface area contributed by atoms with Crippen LogP contribution in [0.2, 0.25) is 0 Å². The molecule has 1 aromatic carbocycles. The van der Waals surface area contributed by atoms with Crippen LogP contribution in [-0.2, 0) is 16.0 Å². The minimum atomic E-state index is -0.436. The molecular weight excluding hydrogens is 310 g/mol. The molecule has 0 aliphatic carbocycles. The second kappa shape index (κ2) is 7.54. The molecule has 2 N–H and O–H groups in total. The smallest absolute Gasteiger partial charge is 0.337 e. The van der Waals surface area contributed by atoms with Crippen molar-refractivity contribution in [2.75, 3.05) is 12.4 Å². The summed E-state index contributed by atoms with van der Waals surface area (Å²) in [4.78, 5) is 42.1. The minimum Gasteiger partial charge on any atom is -0.465 e. The zero-order valence-electron chi connectivity index (χ0n) is 13.8. The number of anilines is 1. The number of nitrogens with zero attached hydrogens (tertiary/aromatic N) is 1. The summed E-state index contributed by atoms with van der Waals surface area (Å²) in [7, 11) is 1.31. The number of carbonyl (C=O) groups is 2. The number of H-pyrrole nitrogens is 1. The molecule has 126 valence electrons. The predicted molar refractivity (Wildman–Crippen MR) is 89.1 cm³/mol. The third-order valence-corrected chi connectivity index (χ3v) is 3.53. The number of benzene rings is 1. The van der Waals surface area contributed by atoms with Crippen molar-refractivity contribution in [1.29, 1.82) is 0 Å². The topological polar surface area (TPSA) is 101 Å². The van der Waals surface area contributed by atoms with Crippen LogP contribution in [0.1, 0.15) is 33.9 Å². The van der Waals surface area contributed by atoms with Crippen LogP contribution in [-0.4, -0.2) is 29.0 Å². The van der Waals surface area contributed by atoms with Crippen molar-refractivity contribution in [2.45, 2.75) is 26.7 Å². The quantitative estimate of drug-likeness (QED) is 0.814. The lowest BCUT2D eigenvalue weighted by molar-refractivity contribution is -0.116. The average Bonchev–Trinajstić information content (AvgIpc) is 2.53. The molecule has 7 nitrogen and oxygen atoms in total. The highest BCUT2D eigenvalue weighted by Crippen LogP contribution is 2.11. The van der Waals surface area contributed by atoms with Gasteiger partial charge in [0.25, 0.3) is 5.56 Å². The van der Waals surface area contributed by atoms with E-state index in [1.807, 2.05) is 0 Å².